The molecule has 1 aromatic rings. The number of hydrogen-bond donors (Lipinski definition) is 0. The van der Waals surface area contributed by atoms with Gasteiger partial charge in [-0.1, -0.05) is 17.7 Å². The Kier molecular flexibility index (Phi) is 3.72. The van der Waals surface area contributed by atoms with Crippen molar-refractivity contribution < 1.29 is 9.53 Å². The lowest BCUT2D eigenvalue weighted by Crippen LogP contribution is -1.97. The van der Waals surface area contributed by atoms with Crippen LogP contribution in [0.4, 0.5) is 0 Å². The molecule has 0 aliphatic rings. The smallest absolute Gasteiger partial charge is 0.166 e. The number of benzene rings is 1. The number of Topliss-reactive ketones (excluding diaryl/α,β-unsaturated/α-hetero) is 1. The van der Waals surface area contributed by atoms with E-state index in [1.807, 2.05) is 0 Å². The second-order valence-corrected chi connectivity index (χ2v) is 3.17. The van der Waals surface area contributed by atoms with Crippen LogP contribution >= 0.6 is 11.6 Å². The Labute approximate surface area is 88.1 Å². The summed E-state index contributed by atoms with van der Waals surface area (Å²) in [5.41, 5.74) is 0.589. The van der Waals surface area contributed by atoms with Crippen LogP contribution < -0.4 is 4.74 Å². The van der Waals surface area contributed by atoms with Crippen molar-refractivity contribution in [2.24, 2.45) is 0 Å². The van der Waals surface area contributed by atoms with Gasteiger partial charge in [0.25, 0.3) is 0 Å². The third-order valence-electron chi connectivity index (χ3n) is 1.80. The Balaban J connectivity index is 2.99. The average molecular weight is 211 g/mol. The molecule has 0 bridgehead atoms. The van der Waals surface area contributed by atoms with Crippen LogP contribution in [0.15, 0.2) is 30.9 Å². The molecule has 0 fully saturated rings. The lowest BCUT2D eigenvalue weighted by Gasteiger charge is -2.04. The fourth-order valence-corrected chi connectivity index (χ4v) is 1.28. The van der Waals surface area contributed by atoms with Gasteiger partial charge in [-0.3, -0.25) is 4.79 Å². The summed E-state index contributed by atoms with van der Waals surface area (Å²) < 4.78 is 5.00. The van der Waals surface area contributed by atoms with Crippen LogP contribution in [0.3, 0.4) is 0 Å². The highest BCUT2D eigenvalue weighted by atomic mass is 35.5. The molecule has 0 spiro atoms. The van der Waals surface area contributed by atoms with Crippen molar-refractivity contribution in [1.29, 1.82) is 0 Å². The molecule has 0 aliphatic heterocycles. The molecule has 0 amide bonds. The number of hydrogen-bond acceptors (Lipinski definition) is 2. The Hall–Kier alpha value is -1.28. The molecule has 1 aromatic carbocycles. The molecule has 2 nitrogen and oxygen atoms in total. The summed E-state index contributed by atoms with van der Waals surface area (Å²) in [6, 6.07) is 4.96. The van der Waals surface area contributed by atoms with Gasteiger partial charge in [0.15, 0.2) is 5.78 Å². The van der Waals surface area contributed by atoms with Crippen molar-refractivity contribution in [3.63, 3.8) is 0 Å². The maximum Gasteiger partial charge on any atom is 0.166 e. The number of ketones is 1. The van der Waals surface area contributed by atoms with E-state index < -0.39 is 0 Å². The van der Waals surface area contributed by atoms with Gasteiger partial charge < -0.3 is 4.74 Å². The predicted molar refractivity (Wildman–Crippen MR) is 57.1 cm³/mol. The summed E-state index contributed by atoms with van der Waals surface area (Å²) in [5.74, 6) is 0.525. The van der Waals surface area contributed by atoms with Crippen LogP contribution in [0.5, 0.6) is 5.75 Å². The lowest BCUT2D eigenvalue weighted by atomic mass is 10.1. The fraction of sp³-hybridized carbons (Fsp3) is 0.182. The zero-order valence-corrected chi connectivity index (χ0v) is 8.67. The van der Waals surface area contributed by atoms with Crippen LogP contribution in [0, 0.1) is 0 Å². The van der Waals surface area contributed by atoms with E-state index in [0.717, 1.165) is 0 Å². The van der Waals surface area contributed by atoms with Crippen molar-refractivity contribution in [3.8, 4) is 5.75 Å². The van der Waals surface area contributed by atoms with Gasteiger partial charge >= 0.3 is 0 Å². The molecule has 0 N–H and O–H groups in total. The number of halogens is 1. The number of carbonyl (C=O) groups excluding carboxylic acids is 1. The minimum absolute atomic E-state index is 0.00923. The SMILES string of the molecule is C=CCC(=O)c1ccc(Cl)c(OC)c1. The van der Waals surface area contributed by atoms with Gasteiger partial charge in [0.1, 0.15) is 5.75 Å². The third kappa shape index (κ3) is 2.36. The van der Waals surface area contributed by atoms with E-state index in [9.17, 15) is 4.79 Å². The normalized spacial score (nSPS) is 9.57. The quantitative estimate of drug-likeness (QED) is 0.564. The van der Waals surface area contributed by atoms with E-state index in [2.05, 4.69) is 6.58 Å². The van der Waals surface area contributed by atoms with Crippen molar-refractivity contribution in [3.05, 3.63) is 41.4 Å². The molecule has 3 heteroatoms. The zero-order chi connectivity index (χ0) is 10.6. The summed E-state index contributed by atoms with van der Waals surface area (Å²) >= 11 is 5.82. The monoisotopic (exact) mass is 210 g/mol. The van der Waals surface area contributed by atoms with Crippen LogP contribution in [0.25, 0.3) is 0 Å². The highest BCUT2D eigenvalue weighted by molar-refractivity contribution is 6.32. The van der Waals surface area contributed by atoms with Crippen molar-refractivity contribution >= 4 is 17.4 Å². The molecule has 0 saturated carbocycles. The average Bonchev–Trinajstić information content (AvgIpc) is 2.19. The second-order valence-electron chi connectivity index (χ2n) is 2.77. The highest BCUT2D eigenvalue weighted by Gasteiger charge is 2.07. The van der Waals surface area contributed by atoms with E-state index in [4.69, 9.17) is 16.3 Å². The summed E-state index contributed by atoms with van der Waals surface area (Å²) in [4.78, 5) is 11.5. The van der Waals surface area contributed by atoms with Gasteiger partial charge in [-0.15, -0.1) is 6.58 Å². The molecule has 0 unspecified atom stereocenters. The van der Waals surface area contributed by atoms with E-state index in [1.54, 1.807) is 24.3 Å². The van der Waals surface area contributed by atoms with Crippen LogP contribution in [0.1, 0.15) is 16.8 Å². The van der Waals surface area contributed by atoms with E-state index >= 15 is 0 Å². The highest BCUT2D eigenvalue weighted by Crippen LogP contribution is 2.25. The molecular weight excluding hydrogens is 200 g/mol. The van der Waals surface area contributed by atoms with Crippen LogP contribution in [0.2, 0.25) is 5.02 Å². The van der Waals surface area contributed by atoms with Crippen LogP contribution in [-0.2, 0) is 0 Å². The van der Waals surface area contributed by atoms with E-state index in [0.29, 0.717) is 22.8 Å². The Morgan fingerprint density at radius 1 is 1.64 bits per heavy atom. The Bertz CT molecular complexity index is 358. The molecule has 0 aliphatic carbocycles. The van der Waals surface area contributed by atoms with Crippen molar-refractivity contribution in [1.82, 2.24) is 0 Å². The van der Waals surface area contributed by atoms with Crippen LogP contribution in [-0.4, -0.2) is 12.9 Å². The zero-order valence-electron chi connectivity index (χ0n) is 7.92. The standard InChI is InChI=1S/C11H11ClO2/c1-3-4-10(13)8-5-6-9(12)11(7-8)14-2/h3,5-7H,1,4H2,2H3. The largest absolute Gasteiger partial charge is 0.495 e. The topological polar surface area (TPSA) is 26.3 Å². The fourth-order valence-electron chi connectivity index (χ4n) is 1.08. The van der Waals surface area contributed by atoms with Gasteiger partial charge in [0.05, 0.1) is 12.1 Å². The molecule has 1 rings (SSSR count). The first-order chi connectivity index (χ1) is 6.69. The lowest BCUT2D eigenvalue weighted by molar-refractivity contribution is 0.0995. The maximum atomic E-state index is 11.5. The van der Waals surface area contributed by atoms with Gasteiger partial charge in [0, 0.05) is 12.0 Å². The third-order valence-corrected chi connectivity index (χ3v) is 2.12. The van der Waals surface area contributed by atoms with Gasteiger partial charge in [-0.2, -0.15) is 0 Å². The molecule has 0 atom stereocenters. The van der Waals surface area contributed by atoms with E-state index in [-0.39, 0.29) is 5.78 Å². The van der Waals surface area contributed by atoms with Crippen molar-refractivity contribution in [2.75, 3.05) is 7.11 Å². The first-order valence-electron chi connectivity index (χ1n) is 4.16. The Morgan fingerprint density at radius 3 is 2.93 bits per heavy atom. The number of methoxy groups -OCH3 is 1. The van der Waals surface area contributed by atoms with Gasteiger partial charge in [-0.05, 0) is 18.2 Å². The second kappa shape index (κ2) is 4.82. The molecule has 0 saturated heterocycles. The number of ether oxygens (including phenoxy) is 1. The van der Waals surface area contributed by atoms with Gasteiger partial charge in [-0.25, -0.2) is 0 Å². The minimum Gasteiger partial charge on any atom is -0.495 e. The predicted octanol–water partition coefficient (Wildman–Crippen LogP) is 3.11. The molecule has 0 aromatic heterocycles. The number of allylic oxidation sites excluding steroid dienone is 1. The summed E-state index contributed by atoms with van der Waals surface area (Å²) in [6.07, 6.45) is 1.90. The molecule has 0 radical (unpaired) electrons. The summed E-state index contributed by atoms with van der Waals surface area (Å²) in [5, 5.41) is 0.502. The first-order valence-corrected chi connectivity index (χ1v) is 4.54. The molecule has 74 valence electrons. The molecular formula is C11H11ClO2. The Morgan fingerprint density at radius 2 is 2.36 bits per heavy atom. The minimum atomic E-state index is 0.00923. The molecule has 14 heavy (non-hydrogen) atoms. The van der Waals surface area contributed by atoms with E-state index in [1.165, 1.54) is 7.11 Å². The first kappa shape index (κ1) is 10.8. The number of rotatable bonds is 4. The number of carbonyl (C=O) groups is 1. The van der Waals surface area contributed by atoms with Crippen molar-refractivity contribution in [2.45, 2.75) is 6.42 Å². The van der Waals surface area contributed by atoms with Gasteiger partial charge in [0.2, 0.25) is 0 Å². The maximum absolute atomic E-state index is 11.5. The summed E-state index contributed by atoms with van der Waals surface area (Å²) in [7, 11) is 1.52. The summed E-state index contributed by atoms with van der Waals surface area (Å²) in [6.45, 7) is 3.51. The molecule has 0 heterocycles.